The Hall–Kier alpha value is -2.11. The molecule has 1 atom stereocenters. The van der Waals surface area contributed by atoms with Gasteiger partial charge in [-0.25, -0.2) is 0 Å². The number of benzene rings is 1. The Labute approximate surface area is 150 Å². The van der Waals surface area contributed by atoms with E-state index in [0.29, 0.717) is 29.4 Å². The monoisotopic (exact) mass is 360 g/mol. The molecule has 2 aromatic rings. The van der Waals surface area contributed by atoms with E-state index in [4.69, 9.17) is 16.4 Å². The van der Waals surface area contributed by atoms with Crippen LogP contribution in [0.15, 0.2) is 59.6 Å². The number of carbonyl (C=O) groups is 1. The Morgan fingerprint density at radius 2 is 2.21 bits per heavy atom. The summed E-state index contributed by atoms with van der Waals surface area (Å²) in [6.07, 6.45) is 2.23. The fraction of sp³-hybridized carbons (Fsp3) is 0.222. The maximum Gasteiger partial charge on any atom is 0.264 e. The highest BCUT2D eigenvalue weighted by Crippen LogP contribution is 2.20. The zero-order valence-corrected chi connectivity index (χ0v) is 14.6. The van der Waals surface area contributed by atoms with E-state index >= 15 is 0 Å². The fourth-order valence-corrected chi connectivity index (χ4v) is 3.35. The lowest BCUT2D eigenvalue weighted by atomic mass is 10.0. The Morgan fingerprint density at radius 3 is 2.88 bits per heavy atom. The van der Waals surface area contributed by atoms with Crippen LogP contribution >= 0.6 is 22.9 Å². The summed E-state index contributed by atoms with van der Waals surface area (Å²) in [6, 6.07) is 11.2. The van der Waals surface area contributed by atoms with Crippen molar-refractivity contribution in [2.75, 3.05) is 13.1 Å². The molecule has 1 aliphatic rings. The molecule has 24 heavy (non-hydrogen) atoms. The smallest absolute Gasteiger partial charge is 0.264 e. The first kappa shape index (κ1) is 16.7. The second-order valence-electron chi connectivity index (χ2n) is 5.45. The molecule has 0 spiro atoms. The van der Waals surface area contributed by atoms with Crippen molar-refractivity contribution >= 4 is 34.6 Å². The van der Waals surface area contributed by atoms with Crippen molar-refractivity contribution in [1.29, 1.82) is 0 Å². The second kappa shape index (κ2) is 7.64. The van der Waals surface area contributed by atoms with E-state index in [1.165, 1.54) is 11.3 Å². The van der Waals surface area contributed by atoms with Gasteiger partial charge in [0, 0.05) is 18.0 Å². The minimum absolute atomic E-state index is 0.00607. The maximum atomic E-state index is 12.6. The van der Waals surface area contributed by atoms with Gasteiger partial charge in [0.2, 0.25) is 0 Å². The van der Waals surface area contributed by atoms with Gasteiger partial charge < -0.3 is 9.74 Å². The van der Waals surface area contributed by atoms with Gasteiger partial charge >= 0.3 is 0 Å². The summed E-state index contributed by atoms with van der Waals surface area (Å²) in [7, 11) is 0. The van der Waals surface area contributed by atoms with E-state index in [2.05, 4.69) is 11.7 Å². The SMILES string of the molecule is C=CCN(C[C@H]1CC(c2ccc(Cl)cc2)=NO1)C(=O)c1cccs1. The lowest BCUT2D eigenvalue weighted by molar-refractivity contribution is 0.0452. The van der Waals surface area contributed by atoms with E-state index in [9.17, 15) is 4.79 Å². The van der Waals surface area contributed by atoms with Crippen LogP contribution in [0.5, 0.6) is 0 Å². The Balaban J connectivity index is 1.64. The number of oxime groups is 1. The third-order valence-corrected chi connectivity index (χ3v) is 4.81. The van der Waals surface area contributed by atoms with Crippen molar-refractivity contribution in [3.63, 3.8) is 0 Å². The standard InChI is InChI=1S/C18H17ClN2O2S/c1-2-9-21(18(22)17-4-3-10-24-17)12-15-11-16(20-23-15)13-5-7-14(19)8-6-13/h2-8,10,15H,1,9,11-12H2/t15-/m1/s1. The van der Waals surface area contributed by atoms with E-state index < -0.39 is 0 Å². The van der Waals surface area contributed by atoms with Crippen LogP contribution in [0.2, 0.25) is 5.02 Å². The summed E-state index contributed by atoms with van der Waals surface area (Å²) >= 11 is 7.35. The lowest BCUT2D eigenvalue weighted by Gasteiger charge is -2.22. The first-order valence-corrected chi connectivity index (χ1v) is 8.85. The van der Waals surface area contributed by atoms with E-state index in [1.807, 2.05) is 41.8 Å². The number of carbonyl (C=O) groups excluding carboxylic acids is 1. The molecule has 1 aromatic heterocycles. The summed E-state index contributed by atoms with van der Waals surface area (Å²) in [6.45, 7) is 4.69. The van der Waals surface area contributed by atoms with Gasteiger partial charge in [0.15, 0.2) is 6.10 Å². The largest absolute Gasteiger partial charge is 0.390 e. The Bertz CT molecular complexity index is 741. The minimum Gasteiger partial charge on any atom is -0.390 e. The molecular weight excluding hydrogens is 344 g/mol. The average Bonchev–Trinajstić information content (AvgIpc) is 3.26. The number of rotatable bonds is 6. The molecule has 0 saturated carbocycles. The molecule has 3 rings (SSSR count). The number of amides is 1. The summed E-state index contributed by atoms with van der Waals surface area (Å²) < 4.78 is 0. The summed E-state index contributed by atoms with van der Waals surface area (Å²) in [5.74, 6) is -0.00607. The summed E-state index contributed by atoms with van der Waals surface area (Å²) in [5, 5.41) is 6.75. The third-order valence-electron chi connectivity index (χ3n) is 3.70. The van der Waals surface area contributed by atoms with E-state index in [1.54, 1.807) is 11.0 Å². The molecule has 1 amide bonds. The highest BCUT2D eigenvalue weighted by atomic mass is 35.5. The Kier molecular flexibility index (Phi) is 5.33. The van der Waals surface area contributed by atoms with Crippen LogP contribution in [0.1, 0.15) is 21.7 Å². The van der Waals surface area contributed by atoms with Gasteiger partial charge in [-0.3, -0.25) is 4.79 Å². The molecule has 0 unspecified atom stereocenters. The molecule has 6 heteroatoms. The van der Waals surface area contributed by atoms with Crippen molar-refractivity contribution < 1.29 is 9.63 Å². The predicted octanol–water partition coefficient (Wildman–Crippen LogP) is 4.22. The average molecular weight is 361 g/mol. The van der Waals surface area contributed by atoms with Crippen LogP contribution in [0.3, 0.4) is 0 Å². The lowest BCUT2D eigenvalue weighted by Crippen LogP contribution is -2.37. The van der Waals surface area contributed by atoms with Crippen LogP contribution in [0.25, 0.3) is 0 Å². The first-order chi connectivity index (χ1) is 11.7. The second-order valence-corrected chi connectivity index (χ2v) is 6.84. The van der Waals surface area contributed by atoms with Gasteiger partial charge in [0.05, 0.1) is 17.1 Å². The molecular formula is C18H17ClN2O2S. The molecule has 0 saturated heterocycles. The van der Waals surface area contributed by atoms with Gasteiger partial charge in [-0.2, -0.15) is 0 Å². The molecule has 4 nitrogen and oxygen atoms in total. The molecule has 0 bridgehead atoms. The van der Waals surface area contributed by atoms with Crippen molar-refractivity contribution in [1.82, 2.24) is 4.90 Å². The number of halogens is 1. The first-order valence-electron chi connectivity index (χ1n) is 7.59. The molecule has 1 aromatic carbocycles. The molecule has 2 heterocycles. The minimum atomic E-state index is -0.153. The van der Waals surface area contributed by atoms with Gasteiger partial charge in [0.1, 0.15) is 0 Å². The van der Waals surface area contributed by atoms with Crippen molar-refractivity contribution in [3.05, 3.63) is 69.9 Å². The molecule has 124 valence electrons. The molecule has 1 aliphatic heterocycles. The molecule has 0 N–H and O–H groups in total. The summed E-state index contributed by atoms with van der Waals surface area (Å²) in [4.78, 5) is 20.5. The van der Waals surface area contributed by atoms with Gasteiger partial charge in [-0.05, 0) is 29.1 Å². The zero-order chi connectivity index (χ0) is 16.9. The van der Waals surface area contributed by atoms with Gasteiger partial charge in [-0.15, -0.1) is 17.9 Å². The topological polar surface area (TPSA) is 41.9 Å². The van der Waals surface area contributed by atoms with Crippen molar-refractivity contribution in [3.8, 4) is 0 Å². The van der Waals surface area contributed by atoms with Crippen LogP contribution in [-0.2, 0) is 4.84 Å². The quantitative estimate of drug-likeness (QED) is 0.723. The third kappa shape index (κ3) is 3.86. The molecule has 0 aliphatic carbocycles. The number of hydrogen-bond acceptors (Lipinski definition) is 4. The van der Waals surface area contributed by atoms with Crippen molar-refractivity contribution in [2.24, 2.45) is 5.16 Å². The van der Waals surface area contributed by atoms with Crippen LogP contribution in [0, 0.1) is 0 Å². The van der Waals surface area contributed by atoms with Gasteiger partial charge in [-0.1, -0.05) is 41.0 Å². The number of hydrogen-bond donors (Lipinski definition) is 0. The summed E-state index contributed by atoms with van der Waals surface area (Å²) in [5.41, 5.74) is 1.86. The fourth-order valence-electron chi connectivity index (χ4n) is 2.54. The predicted molar refractivity (Wildman–Crippen MR) is 97.9 cm³/mol. The highest BCUT2D eigenvalue weighted by molar-refractivity contribution is 7.12. The van der Waals surface area contributed by atoms with Crippen LogP contribution in [-0.4, -0.2) is 35.7 Å². The van der Waals surface area contributed by atoms with Crippen LogP contribution < -0.4 is 0 Å². The zero-order valence-electron chi connectivity index (χ0n) is 13.0. The van der Waals surface area contributed by atoms with E-state index in [-0.39, 0.29) is 12.0 Å². The normalized spacial score (nSPS) is 16.4. The number of nitrogens with zero attached hydrogens (tertiary/aromatic N) is 2. The maximum absolute atomic E-state index is 12.6. The number of thiophene rings is 1. The Morgan fingerprint density at radius 1 is 1.42 bits per heavy atom. The molecule has 0 fully saturated rings. The highest BCUT2D eigenvalue weighted by Gasteiger charge is 2.27. The van der Waals surface area contributed by atoms with Crippen molar-refractivity contribution in [2.45, 2.75) is 12.5 Å². The molecule has 0 radical (unpaired) electrons. The van der Waals surface area contributed by atoms with Crippen LogP contribution in [0.4, 0.5) is 0 Å². The van der Waals surface area contributed by atoms with Gasteiger partial charge in [0.25, 0.3) is 5.91 Å². The van der Waals surface area contributed by atoms with E-state index in [0.717, 1.165) is 11.3 Å².